The topological polar surface area (TPSA) is 96.4 Å². The van der Waals surface area contributed by atoms with Gasteiger partial charge in [-0.1, -0.05) is 51.1 Å². The van der Waals surface area contributed by atoms with Gasteiger partial charge in [-0.3, -0.25) is 14.4 Å². The van der Waals surface area contributed by atoms with Crippen LogP contribution in [0, 0.1) is 17.8 Å². The predicted octanol–water partition coefficient (Wildman–Crippen LogP) is 4.15. The van der Waals surface area contributed by atoms with Gasteiger partial charge in [-0.05, 0) is 55.9 Å². The molecule has 2 amide bonds. The van der Waals surface area contributed by atoms with Crippen molar-refractivity contribution in [2.24, 2.45) is 17.8 Å². The number of rotatable bonds is 12. The maximum absolute atomic E-state index is 14.6. The molecule has 9 heteroatoms. The highest BCUT2D eigenvalue weighted by Crippen LogP contribution is 2.65. The second-order valence-electron chi connectivity index (χ2n) is 11.2. The van der Waals surface area contributed by atoms with Gasteiger partial charge in [0.1, 0.15) is 24.2 Å². The van der Waals surface area contributed by atoms with E-state index < -0.39 is 41.1 Å². The monoisotopic (exact) mass is 558 g/mol. The molecule has 1 spiro atoms. The second kappa shape index (κ2) is 11.4. The Balaban J connectivity index is 1.86. The van der Waals surface area contributed by atoms with Crippen LogP contribution in [0.3, 0.4) is 0 Å². The van der Waals surface area contributed by atoms with Crippen LogP contribution in [0.4, 0.5) is 5.69 Å². The lowest BCUT2D eigenvalue weighted by atomic mass is 9.65. The van der Waals surface area contributed by atoms with E-state index in [1.165, 1.54) is 11.0 Å². The average molecular weight is 559 g/mol. The summed E-state index contributed by atoms with van der Waals surface area (Å²) in [6.45, 7) is 13.3. The van der Waals surface area contributed by atoms with E-state index in [9.17, 15) is 19.5 Å². The Morgan fingerprint density at radius 3 is 2.51 bits per heavy atom. The van der Waals surface area contributed by atoms with Crippen molar-refractivity contribution in [2.45, 2.75) is 69.7 Å². The number of anilines is 1. The highest BCUT2D eigenvalue weighted by atomic mass is 35.5. The first-order valence-corrected chi connectivity index (χ1v) is 14.1. The molecular formula is C30H39ClN2O6. The molecule has 3 saturated heterocycles. The number of amides is 2. The number of esters is 1. The van der Waals surface area contributed by atoms with Crippen LogP contribution < -0.4 is 4.90 Å². The number of nitrogens with zero attached hydrogens (tertiary/aromatic N) is 2. The Morgan fingerprint density at radius 1 is 1.26 bits per heavy atom. The number of hydrogen-bond acceptors (Lipinski definition) is 6. The third kappa shape index (κ3) is 4.81. The molecular weight excluding hydrogens is 520 g/mol. The number of ether oxygens (including phenoxy) is 2. The van der Waals surface area contributed by atoms with Crippen molar-refractivity contribution < 1.29 is 29.0 Å². The predicted molar refractivity (Wildman–Crippen MR) is 149 cm³/mol. The molecule has 0 aliphatic carbocycles. The summed E-state index contributed by atoms with van der Waals surface area (Å²) in [6.07, 6.45) is 5.06. The van der Waals surface area contributed by atoms with Crippen molar-refractivity contribution in [1.29, 1.82) is 0 Å². The summed E-state index contributed by atoms with van der Waals surface area (Å²) in [7, 11) is 0. The largest absolute Gasteiger partial charge is 0.461 e. The van der Waals surface area contributed by atoms with Crippen molar-refractivity contribution in [1.82, 2.24) is 4.90 Å². The lowest BCUT2D eigenvalue weighted by Gasteiger charge is -2.40. The van der Waals surface area contributed by atoms with Gasteiger partial charge in [-0.15, -0.1) is 6.58 Å². The van der Waals surface area contributed by atoms with E-state index >= 15 is 0 Å². The zero-order chi connectivity index (χ0) is 28.5. The second-order valence-corrected chi connectivity index (χ2v) is 11.6. The highest BCUT2D eigenvalue weighted by molar-refractivity contribution is 6.30. The average Bonchev–Trinajstić information content (AvgIpc) is 3.52. The number of carbonyl (C=O) groups is 3. The van der Waals surface area contributed by atoms with Gasteiger partial charge in [-0.2, -0.15) is 0 Å². The van der Waals surface area contributed by atoms with E-state index in [-0.39, 0.29) is 37.5 Å². The lowest BCUT2D eigenvalue weighted by molar-refractivity contribution is -0.161. The molecule has 3 heterocycles. The summed E-state index contributed by atoms with van der Waals surface area (Å²) in [6, 6.07) is 5.23. The SMILES string of the molecule is C=CCOC(=O)[C@@H]1[C@H]2C(=O)N([C@@H](CO)CC(C)C)C(C(=O)N(CC=C)c3ccc(Cl)cc3)C23CC[C@@]1(CC)O3. The Bertz CT molecular complexity index is 1120. The molecule has 1 N–H and O–H groups in total. The van der Waals surface area contributed by atoms with Crippen LogP contribution in [0.25, 0.3) is 0 Å². The van der Waals surface area contributed by atoms with Crippen LogP contribution >= 0.6 is 11.6 Å². The summed E-state index contributed by atoms with van der Waals surface area (Å²) < 4.78 is 12.3. The van der Waals surface area contributed by atoms with Crippen molar-refractivity contribution in [3.05, 3.63) is 54.6 Å². The molecule has 6 atom stereocenters. The van der Waals surface area contributed by atoms with E-state index in [2.05, 4.69) is 13.2 Å². The molecule has 8 nitrogen and oxygen atoms in total. The maximum Gasteiger partial charge on any atom is 0.313 e. The number of aliphatic hydroxyl groups excluding tert-OH is 1. The Hall–Kier alpha value is -2.68. The zero-order valence-corrected chi connectivity index (χ0v) is 23.7. The zero-order valence-electron chi connectivity index (χ0n) is 23.0. The van der Waals surface area contributed by atoms with Crippen LogP contribution in [0.5, 0.6) is 0 Å². The van der Waals surface area contributed by atoms with Crippen LogP contribution in [-0.4, -0.2) is 70.8 Å². The third-order valence-electron chi connectivity index (χ3n) is 8.51. The summed E-state index contributed by atoms with van der Waals surface area (Å²) in [4.78, 5) is 45.5. The molecule has 3 aliphatic rings. The third-order valence-corrected chi connectivity index (χ3v) is 8.77. The Kier molecular flexibility index (Phi) is 8.59. The summed E-state index contributed by atoms with van der Waals surface area (Å²) >= 11 is 6.11. The van der Waals surface area contributed by atoms with Crippen LogP contribution in [-0.2, 0) is 23.9 Å². The fourth-order valence-corrected chi connectivity index (χ4v) is 7.08. The molecule has 4 rings (SSSR count). The van der Waals surface area contributed by atoms with Crippen LogP contribution in [0.1, 0.15) is 46.5 Å². The first-order chi connectivity index (χ1) is 18.6. The van der Waals surface area contributed by atoms with Gasteiger partial charge in [0, 0.05) is 17.3 Å². The van der Waals surface area contributed by atoms with Gasteiger partial charge in [0.2, 0.25) is 5.91 Å². The van der Waals surface area contributed by atoms with E-state index in [4.69, 9.17) is 21.1 Å². The summed E-state index contributed by atoms with van der Waals surface area (Å²) in [5.41, 5.74) is -1.53. The molecule has 0 radical (unpaired) electrons. The van der Waals surface area contributed by atoms with Crippen molar-refractivity contribution >= 4 is 35.1 Å². The number of benzene rings is 1. The molecule has 2 unspecified atom stereocenters. The highest BCUT2D eigenvalue weighted by Gasteiger charge is 2.79. The molecule has 0 saturated carbocycles. The van der Waals surface area contributed by atoms with Crippen molar-refractivity contribution in [3.8, 4) is 0 Å². The van der Waals surface area contributed by atoms with Crippen molar-refractivity contribution in [2.75, 3.05) is 24.7 Å². The van der Waals surface area contributed by atoms with Gasteiger partial charge < -0.3 is 24.4 Å². The van der Waals surface area contributed by atoms with Crippen LogP contribution in [0.2, 0.25) is 5.02 Å². The molecule has 1 aromatic rings. The number of aliphatic hydroxyl groups is 1. The lowest BCUT2D eigenvalue weighted by Crippen LogP contribution is -2.59. The smallest absolute Gasteiger partial charge is 0.313 e. The molecule has 39 heavy (non-hydrogen) atoms. The van der Waals surface area contributed by atoms with E-state index in [0.29, 0.717) is 36.4 Å². The number of fused-ring (bicyclic) bond motifs is 1. The maximum atomic E-state index is 14.6. The molecule has 1 aromatic carbocycles. The Labute approximate surface area is 235 Å². The minimum atomic E-state index is -1.22. The van der Waals surface area contributed by atoms with Gasteiger partial charge in [0.25, 0.3) is 5.91 Å². The van der Waals surface area contributed by atoms with E-state index in [0.717, 1.165) is 0 Å². The quantitative estimate of drug-likeness (QED) is 0.306. The van der Waals surface area contributed by atoms with Gasteiger partial charge in [0.05, 0.1) is 24.2 Å². The van der Waals surface area contributed by atoms with Gasteiger partial charge in [0.15, 0.2) is 0 Å². The van der Waals surface area contributed by atoms with Crippen molar-refractivity contribution in [3.63, 3.8) is 0 Å². The van der Waals surface area contributed by atoms with Crippen LogP contribution in [0.15, 0.2) is 49.6 Å². The fourth-order valence-electron chi connectivity index (χ4n) is 6.96. The van der Waals surface area contributed by atoms with Gasteiger partial charge in [-0.25, -0.2) is 0 Å². The number of halogens is 1. The molecule has 3 aliphatic heterocycles. The normalized spacial score (nSPS) is 29.8. The summed E-state index contributed by atoms with van der Waals surface area (Å²) in [5.74, 6) is -2.81. The van der Waals surface area contributed by atoms with E-state index in [1.807, 2.05) is 20.8 Å². The Morgan fingerprint density at radius 2 is 1.95 bits per heavy atom. The molecule has 3 fully saturated rings. The molecule has 212 valence electrons. The molecule has 2 bridgehead atoms. The number of likely N-dealkylation sites (tertiary alicyclic amines) is 1. The fraction of sp³-hybridized carbons (Fsp3) is 0.567. The standard InChI is InChI=1S/C30H39ClN2O6/c1-6-15-32(21-11-9-20(31)10-12-21)27(36)25-30-14-13-29(8-3,39-30)24(28(37)38-16-7-2)23(30)26(35)33(25)22(18-34)17-19(4)5/h6-7,9-12,19,22-25,34H,1-2,8,13-18H2,3-5H3/t22-,23+,24+,25?,29-,30?/m1/s1. The number of carbonyl (C=O) groups excluding carboxylic acids is 3. The minimum Gasteiger partial charge on any atom is -0.461 e. The first kappa shape index (κ1) is 29.3. The first-order valence-electron chi connectivity index (χ1n) is 13.7. The van der Waals surface area contributed by atoms with Gasteiger partial charge >= 0.3 is 5.97 Å². The minimum absolute atomic E-state index is 0.0193. The summed E-state index contributed by atoms with van der Waals surface area (Å²) in [5, 5.41) is 11.0. The number of hydrogen-bond donors (Lipinski definition) is 1. The van der Waals surface area contributed by atoms with E-state index in [1.54, 1.807) is 35.2 Å². The molecule has 0 aromatic heterocycles.